The van der Waals surface area contributed by atoms with Gasteiger partial charge in [0, 0.05) is 12.6 Å². The van der Waals surface area contributed by atoms with Crippen molar-refractivity contribution in [1.82, 2.24) is 5.32 Å². The van der Waals surface area contributed by atoms with Gasteiger partial charge in [-0.25, -0.2) is 0 Å². The molecule has 0 aromatic rings. The van der Waals surface area contributed by atoms with E-state index in [0.717, 1.165) is 13.0 Å². The van der Waals surface area contributed by atoms with Crippen LogP contribution in [-0.2, 0) is 0 Å². The van der Waals surface area contributed by atoms with Crippen LogP contribution in [-0.4, -0.2) is 30.6 Å². The van der Waals surface area contributed by atoms with Gasteiger partial charge in [-0.1, -0.05) is 0 Å². The molecule has 0 heterocycles. The molecule has 0 aliphatic rings. The lowest BCUT2D eigenvalue weighted by Crippen LogP contribution is -2.36. The maximum atomic E-state index is 5.62. The normalized spacial score (nSPS) is 12.2. The van der Waals surface area contributed by atoms with Gasteiger partial charge in [0.2, 0.25) is 0 Å². The van der Waals surface area contributed by atoms with Crippen LogP contribution >= 0.6 is 11.8 Å². The van der Waals surface area contributed by atoms with Gasteiger partial charge in [0.15, 0.2) is 5.96 Å². The third-order valence-electron chi connectivity index (χ3n) is 1.48. The summed E-state index contributed by atoms with van der Waals surface area (Å²) in [6.07, 6.45) is 4.47. The molecule has 3 N–H and O–H groups in total. The van der Waals surface area contributed by atoms with E-state index in [1.54, 1.807) is 0 Å². The number of aliphatic imine (C=N–C) groups is 1. The van der Waals surface area contributed by atoms with Crippen LogP contribution in [0.2, 0.25) is 0 Å². The molecule has 78 valence electrons. The van der Waals surface area contributed by atoms with Gasteiger partial charge in [-0.3, -0.25) is 4.99 Å². The van der Waals surface area contributed by atoms with Crippen molar-refractivity contribution in [2.75, 3.05) is 18.6 Å². The van der Waals surface area contributed by atoms with Crippen LogP contribution < -0.4 is 11.1 Å². The van der Waals surface area contributed by atoms with Crippen LogP contribution in [0.15, 0.2) is 4.99 Å². The zero-order valence-electron chi connectivity index (χ0n) is 8.84. The Morgan fingerprint density at radius 3 is 2.69 bits per heavy atom. The number of nitrogens with two attached hydrogens (primary N) is 1. The first kappa shape index (κ1) is 12.6. The molecule has 0 aromatic carbocycles. The number of hydrogen-bond acceptors (Lipinski definition) is 2. The Hall–Kier alpha value is -0.380. The molecule has 0 aliphatic heterocycles. The third-order valence-corrected chi connectivity index (χ3v) is 2.17. The van der Waals surface area contributed by atoms with Crippen LogP contribution in [0.5, 0.6) is 0 Å². The Labute approximate surface area is 85.6 Å². The second kappa shape index (κ2) is 8.23. The topological polar surface area (TPSA) is 50.4 Å². The number of hydrogen-bond donors (Lipinski definition) is 2. The fourth-order valence-electron chi connectivity index (χ4n) is 0.899. The number of rotatable bonds is 6. The van der Waals surface area contributed by atoms with E-state index in [0.29, 0.717) is 12.0 Å². The standard InChI is InChI=1S/C9H21N3S/c1-8(2)12-9(10)11-6-4-5-7-13-3/h8H,4-7H2,1-3H3,(H3,10,11,12). The molecule has 4 heteroatoms. The van der Waals surface area contributed by atoms with Crippen molar-refractivity contribution in [3.63, 3.8) is 0 Å². The van der Waals surface area contributed by atoms with Crippen molar-refractivity contribution in [3.05, 3.63) is 0 Å². The predicted octanol–water partition coefficient (Wildman–Crippen LogP) is 1.44. The molecule has 3 nitrogen and oxygen atoms in total. The van der Waals surface area contributed by atoms with E-state index >= 15 is 0 Å². The molecule has 0 unspecified atom stereocenters. The van der Waals surface area contributed by atoms with Gasteiger partial charge in [0.25, 0.3) is 0 Å². The number of nitrogens with zero attached hydrogens (tertiary/aromatic N) is 1. The van der Waals surface area contributed by atoms with Gasteiger partial charge in [-0.05, 0) is 38.7 Å². The van der Waals surface area contributed by atoms with Gasteiger partial charge >= 0.3 is 0 Å². The molecule has 0 aliphatic carbocycles. The summed E-state index contributed by atoms with van der Waals surface area (Å²) < 4.78 is 0. The van der Waals surface area contributed by atoms with Crippen molar-refractivity contribution in [1.29, 1.82) is 0 Å². The summed E-state index contributed by atoms with van der Waals surface area (Å²) in [5, 5.41) is 3.06. The minimum atomic E-state index is 0.370. The van der Waals surface area contributed by atoms with E-state index in [1.807, 2.05) is 11.8 Å². The maximum absolute atomic E-state index is 5.62. The molecule has 0 bridgehead atoms. The SMILES string of the molecule is CSCCCCN=C(N)NC(C)C. The van der Waals surface area contributed by atoms with Crippen LogP contribution in [0.1, 0.15) is 26.7 Å². The van der Waals surface area contributed by atoms with Crippen molar-refractivity contribution < 1.29 is 0 Å². The zero-order chi connectivity index (χ0) is 10.1. The smallest absolute Gasteiger partial charge is 0.188 e. The molecule has 0 radical (unpaired) electrons. The molecule has 0 saturated heterocycles. The molecular weight excluding hydrogens is 182 g/mol. The number of nitrogens with one attached hydrogen (secondary N) is 1. The van der Waals surface area contributed by atoms with Gasteiger partial charge in [0.05, 0.1) is 0 Å². The third kappa shape index (κ3) is 9.53. The highest BCUT2D eigenvalue weighted by Gasteiger charge is 1.93. The lowest BCUT2D eigenvalue weighted by atomic mass is 10.3. The summed E-state index contributed by atoms with van der Waals surface area (Å²) in [6.45, 7) is 4.94. The average Bonchev–Trinajstić information content (AvgIpc) is 2.02. The molecular formula is C9H21N3S. The molecule has 0 saturated carbocycles. The Morgan fingerprint density at radius 2 is 2.15 bits per heavy atom. The van der Waals surface area contributed by atoms with E-state index in [2.05, 4.69) is 30.4 Å². The molecule has 0 spiro atoms. The van der Waals surface area contributed by atoms with E-state index in [9.17, 15) is 0 Å². The van der Waals surface area contributed by atoms with E-state index in [1.165, 1.54) is 12.2 Å². The lowest BCUT2D eigenvalue weighted by Gasteiger charge is -2.07. The maximum Gasteiger partial charge on any atom is 0.188 e. The largest absolute Gasteiger partial charge is 0.370 e. The predicted molar refractivity (Wildman–Crippen MR) is 62.4 cm³/mol. The molecule has 13 heavy (non-hydrogen) atoms. The highest BCUT2D eigenvalue weighted by atomic mass is 32.2. The first-order valence-electron chi connectivity index (χ1n) is 4.72. The van der Waals surface area contributed by atoms with Crippen LogP contribution in [0.4, 0.5) is 0 Å². The van der Waals surface area contributed by atoms with Gasteiger partial charge in [-0.15, -0.1) is 0 Å². The summed E-state index contributed by atoms with van der Waals surface area (Å²) in [6, 6.07) is 0.370. The summed E-state index contributed by atoms with van der Waals surface area (Å²) in [4.78, 5) is 4.21. The fraction of sp³-hybridized carbons (Fsp3) is 0.889. The number of guanidine groups is 1. The monoisotopic (exact) mass is 203 g/mol. The van der Waals surface area contributed by atoms with E-state index < -0.39 is 0 Å². The molecule has 0 rings (SSSR count). The van der Waals surface area contributed by atoms with Crippen molar-refractivity contribution in [2.24, 2.45) is 10.7 Å². The average molecular weight is 203 g/mol. The van der Waals surface area contributed by atoms with Crippen LogP contribution in [0.25, 0.3) is 0 Å². The van der Waals surface area contributed by atoms with Gasteiger partial charge in [0.1, 0.15) is 0 Å². The summed E-state index contributed by atoms with van der Waals surface area (Å²) in [5.41, 5.74) is 5.62. The summed E-state index contributed by atoms with van der Waals surface area (Å²) in [5.74, 6) is 1.78. The minimum absolute atomic E-state index is 0.370. The molecule has 0 fully saturated rings. The molecule has 0 amide bonds. The fourth-order valence-corrected chi connectivity index (χ4v) is 1.39. The molecule has 0 atom stereocenters. The first-order valence-corrected chi connectivity index (χ1v) is 6.11. The highest BCUT2D eigenvalue weighted by Crippen LogP contribution is 1.98. The van der Waals surface area contributed by atoms with Gasteiger partial charge in [-0.2, -0.15) is 11.8 Å². The summed E-state index contributed by atoms with van der Waals surface area (Å²) in [7, 11) is 0. The van der Waals surface area contributed by atoms with Crippen molar-refractivity contribution >= 4 is 17.7 Å². The number of unbranched alkanes of at least 4 members (excludes halogenated alkanes) is 1. The molecule has 0 aromatic heterocycles. The second-order valence-corrected chi connectivity index (χ2v) is 4.25. The Kier molecular flexibility index (Phi) is 7.99. The van der Waals surface area contributed by atoms with E-state index in [-0.39, 0.29) is 0 Å². The second-order valence-electron chi connectivity index (χ2n) is 3.27. The highest BCUT2D eigenvalue weighted by molar-refractivity contribution is 7.98. The van der Waals surface area contributed by atoms with Crippen LogP contribution in [0, 0.1) is 0 Å². The van der Waals surface area contributed by atoms with Crippen molar-refractivity contribution in [3.8, 4) is 0 Å². The summed E-state index contributed by atoms with van der Waals surface area (Å²) >= 11 is 1.88. The Morgan fingerprint density at radius 1 is 1.46 bits per heavy atom. The van der Waals surface area contributed by atoms with Crippen LogP contribution in [0.3, 0.4) is 0 Å². The van der Waals surface area contributed by atoms with Crippen molar-refractivity contribution in [2.45, 2.75) is 32.7 Å². The van der Waals surface area contributed by atoms with Gasteiger partial charge < -0.3 is 11.1 Å². The lowest BCUT2D eigenvalue weighted by molar-refractivity contribution is 0.718. The quantitative estimate of drug-likeness (QED) is 0.390. The first-order chi connectivity index (χ1) is 6.16. The Balaban J connectivity index is 3.36. The minimum Gasteiger partial charge on any atom is -0.370 e. The van der Waals surface area contributed by atoms with E-state index in [4.69, 9.17) is 5.73 Å². The zero-order valence-corrected chi connectivity index (χ0v) is 9.66. The number of thioether (sulfide) groups is 1. The Bertz CT molecular complexity index is 146.